The number of hydrogen-bond donors (Lipinski definition) is 2. The normalized spacial score (nSPS) is 20.0. The molecule has 7 heteroatoms. The van der Waals surface area contributed by atoms with Gasteiger partial charge in [-0.2, -0.15) is 0 Å². The molecule has 2 aromatic rings. The molecular formula is C28H34N2O5. The molecule has 2 N–H and O–H groups in total. The van der Waals surface area contributed by atoms with Crippen LogP contribution in [0.2, 0.25) is 0 Å². The number of hydrogen-bond acceptors (Lipinski definition) is 4. The molecule has 2 amide bonds. The zero-order valence-electron chi connectivity index (χ0n) is 20.4. The molecule has 1 aliphatic heterocycles. The zero-order valence-corrected chi connectivity index (χ0v) is 20.4. The second-order valence-corrected chi connectivity index (χ2v) is 9.57. The van der Waals surface area contributed by atoms with Gasteiger partial charge in [0, 0.05) is 31.0 Å². The molecule has 0 radical (unpaired) electrons. The lowest BCUT2D eigenvalue weighted by atomic mass is 9.90. The number of fused-ring (bicyclic) bond motifs is 3. The van der Waals surface area contributed by atoms with E-state index < -0.39 is 18.0 Å². The van der Waals surface area contributed by atoms with E-state index in [2.05, 4.69) is 29.6 Å². The maximum absolute atomic E-state index is 13.0. The molecule has 0 spiro atoms. The van der Waals surface area contributed by atoms with Crippen LogP contribution in [0.4, 0.5) is 4.79 Å². The number of amides is 2. The van der Waals surface area contributed by atoms with Gasteiger partial charge in [0.2, 0.25) is 5.91 Å². The Labute approximate surface area is 206 Å². The first-order chi connectivity index (χ1) is 16.9. The van der Waals surface area contributed by atoms with Crippen molar-refractivity contribution in [2.45, 2.75) is 64.0 Å². The number of nitrogens with one attached hydrogen (secondary N) is 1. The Morgan fingerprint density at radius 1 is 1.09 bits per heavy atom. The number of ether oxygens (including phenoxy) is 1. The molecule has 2 aliphatic rings. The number of likely N-dealkylation sites (tertiary alicyclic amines) is 1. The van der Waals surface area contributed by atoms with E-state index in [1.807, 2.05) is 31.2 Å². The number of carboxylic acid groups (broad SMARTS) is 1. The third-order valence-electron chi connectivity index (χ3n) is 7.35. The fraction of sp³-hybridized carbons (Fsp3) is 0.464. The molecule has 35 heavy (non-hydrogen) atoms. The Kier molecular flexibility index (Phi) is 7.73. The molecular weight excluding hydrogens is 444 g/mol. The number of carbonyl (C=O) groups excluding carboxylic acids is 2. The molecule has 1 heterocycles. The maximum atomic E-state index is 13.0. The van der Waals surface area contributed by atoms with E-state index in [9.17, 15) is 19.5 Å². The fourth-order valence-electron chi connectivity index (χ4n) is 5.53. The highest BCUT2D eigenvalue weighted by Gasteiger charge is 2.36. The highest BCUT2D eigenvalue weighted by atomic mass is 16.5. The van der Waals surface area contributed by atoms with E-state index in [-0.39, 0.29) is 36.9 Å². The molecule has 0 bridgehead atoms. The van der Waals surface area contributed by atoms with Gasteiger partial charge in [-0.1, -0.05) is 61.9 Å². The van der Waals surface area contributed by atoms with Gasteiger partial charge in [-0.3, -0.25) is 9.59 Å². The number of piperidine rings is 1. The van der Waals surface area contributed by atoms with Crippen LogP contribution in [-0.4, -0.2) is 53.2 Å². The number of nitrogens with zero attached hydrogens (tertiary/aromatic N) is 1. The summed E-state index contributed by atoms with van der Waals surface area (Å²) in [7, 11) is 0. The summed E-state index contributed by atoms with van der Waals surface area (Å²) in [5, 5.41) is 12.3. The molecule has 1 aliphatic carbocycles. The summed E-state index contributed by atoms with van der Waals surface area (Å²) >= 11 is 0. The van der Waals surface area contributed by atoms with Crippen molar-refractivity contribution in [1.82, 2.24) is 10.2 Å². The molecule has 7 nitrogen and oxygen atoms in total. The van der Waals surface area contributed by atoms with Crippen LogP contribution in [-0.2, 0) is 14.3 Å². The van der Waals surface area contributed by atoms with Gasteiger partial charge in [0.25, 0.3) is 0 Å². The van der Waals surface area contributed by atoms with E-state index in [0.29, 0.717) is 25.8 Å². The monoisotopic (exact) mass is 478 g/mol. The Hall–Kier alpha value is -3.35. The first-order valence-electron chi connectivity index (χ1n) is 12.5. The van der Waals surface area contributed by atoms with Gasteiger partial charge in [0.1, 0.15) is 6.61 Å². The van der Waals surface area contributed by atoms with Gasteiger partial charge in [0.05, 0.1) is 5.92 Å². The van der Waals surface area contributed by atoms with Crippen molar-refractivity contribution >= 4 is 18.0 Å². The summed E-state index contributed by atoms with van der Waals surface area (Å²) < 4.78 is 5.66. The summed E-state index contributed by atoms with van der Waals surface area (Å²) in [6.07, 6.45) is 2.29. The quantitative estimate of drug-likeness (QED) is 0.568. The summed E-state index contributed by atoms with van der Waals surface area (Å²) in [4.78, 5) is 38.9. The SMILES string of the molecule is CCC[C@H](CC(=O)N1CCC[C@H](C(=O)O)[C@@H]1C)NC(=O)OCC1c2ccccc2-c2ccccc21. The van der Waals surface area contributed by atoms with E-state index in [1.165, 1.54) is 11.1 Å². The van der Waals surface area contributed by atoms with E-state index in [0.717, 1.165) is 17.5 Å². The van der Waals surface area contributed by atoms with Gasteiger partial charge < -0.3 is 20.1 Å². The molecule has 3 atom stereocenters. The topological polar surface area (TPSA) is 95.9 Å². The summed E-state index contributed by atoms with van der Waals surface area (Å²) in [5.74, 6) is -1.56. The molecule has 1 fully saturated rings. The van der Waals surface area contributed by atoms with Crippen molar-refractivity contribution in [1.29, 1.82) is 0 Å². The standard InChI is InChI=1S/C28H34N2O5/c1-3-9-19(16-26(31)30-15-8-14-20(18(30)2)27(32)33)29-28(34)35-17-25-23-12-6-4-10-21(23)22-11-5-7-13-24(22)25/h4-7,10-13,18-20,25H,3,8-9,14-17H2,1-2H3,(H,29,34)(H,32,33)/t18-,19+,20-/m0/s1. The van der Waals surface area contributed by atoms with Crippen molar-refractivity contribution in [2.75, 3.05) is 13.2 Å². The molecule has 2 aromatic carbocycles. The predicted molar refractivity (Wildman–Crippen MR) is 133 cm³/mol. The molecule has 4 rings (SSSR count). The number of carboxylic acids is 1. The van der Waals surface area contributed by atoms with Crippen LogP contribution >= 0.6 is 0 Å². The van der Waals surface area contributed by atoms with Gasteiger partial charge in [-0.15, -0.1) is 0 Å². The first kappa shape index (κ1) is 24.8. The number of rotatable bonds is 8. The first-order valence-corrected chi connectivity index (χ1v) is 12.5. The highest BCUT2D eigenvalue weighted by molar-refractivity contribution is 5.81. The lowest BCUT2D eigenvalue weighted by Crippen LogP contribution is -2.50. The molecule has 1 saturated heterocycles. The third-order valence-corrected chi connectivity index (χ3v) is 7.35. The average molecular weight is 479 g/mol. The maximum Gasteiger partial charge on any atom is 0.407 e. The van der Waals surface area contributed by atoms with Crippen LogP contribution in [0.3, 0.4) is 0 Å². The van der Waals surface area contributed by atoms with Gasteiger partial charge >= 0.3 is 12.1 Å². The fourth-order valence-corrected chi connectivity index (χ4v) is 5.53. The van der Waals surface area contributed by atoms with Crippen molar-refractivity contribution in [3.63, 3.8) is 0 Å². The lowest BCUT2D eigenvalue weighted by Gasteiger charge is -2.38. The van der Waals surface area contributed by atoms with Crippen molar-refractivity contribution < 1.29 is 24.2 Å². The van der Waals surface area contributed by atoms with Crippen molar-refractivity contribution in [3.8, 4) is 11.1 Å². The minimum Gasteiger partial charge on any atom is -0.481 e. The Morgan fingerprint density at radius 3 is 2.31 bits per heavy atom. The van der Waals surface area contributed by atoms with Crippen LogP contribution in [0.25, 0.3) is 11.1 Å². The second-order valence-electron chi connectivity index (χ2n) is 9.57. The predicted octanol–water partition coefficient (Wildman–Crippen LogP) is 4.80. The zero-order chi connectivity index (χ0) is 24.9. The van der Waals surface area contributed by atoms with Crippen LogP contribution in [0, 0.1) is 5.92 Å². The van der Waals surface area contributed by atoms with E-state index in [1.54, 1.807) is 11.8 Å². The lowest BCUT2D eigenvalue weighted by molar-refractivity contribution is -0.149. The molecule has 186 valence electrons. The van der Waals surface area contributed by atoms with Gasteiger partial charge in [0.15, 0.2) is 0 Å². The van der Waals surface area contributed by atoms with Crippen LogP contribution < -0.4 is 5.32 Å². The Morgan fingerprint density at radius 2 is 1.71 bits per heavy atom. The number of alkyl carbamates (subject to hydrolysis) is 1. The van der Waals surface area contributed by atoms with Gasteiger partial charge in [-0.25, -0.2) is 4.79 Å². The minimum absolute atomic E-state index is 0.0263. The van der Waals surface area contributed by atoms with Crippen LogP contribution in [0.15, 0.2) is 48.5 Å². The molecule has 0 aromatic heterocycles. The molecule has 0 unspecified atom stereocenters. The van der Waals surface area contributed by atoms with E-state index >= 15 is 0 Å². The largest absolute Gasteiger partial charge is 0.481 e. The van der Waals surface area contributed by atoms with Crippen LogP contribution in [0.1, 0.15) is 63.0 Å². The van der Waals surface area contributed by atoms with Crippen molar-refractivity contribution in [3.05, 3.63) is 59.7 Å². The summed E-state index contributed by atoms with van der Waals surface area (Å²) in [6.45, 7) is 4.56. The summed E-state index contributed by atoms with van der Waals surface area (Å²) in [6, 6.07) is 15.6. The number of carbonyl (C=O) groups is 3. The second kappa shape index (κ2) is 10.9. The average Bonchev–Trinajstić information content (AvgIpc) is 3.16. The number of aliphatic carboxylic acids is 1. The minimum atomic E-state index is -0.864. The third kappa shape index (κ3) is 5.34. The highest BCUT2D eigenvalue weighted by Crippen LogP contribution is 2.44. The number of benzene rings is 2. The Balaban J connectivity index is 1.36. The molecule has 0 saturated carbocycles. The van der Waals surface area contributed by atoms with Crippen LogP contribution in [0.5, 0.6) is 0 Å². The summed E-state index contributed by atoms with van der Waals surface area (Å²) in [5.41, 5.74) is 4.63. The smallest absolute Gasteiger partial charge is 0.407 e. The van der Waals surface area contributed by atoms with Gasteiger partial charge in [-0.05, 0) is 48.4 Å². The van der Waals surface area contributed by atoms with E-state index in [4.69, 9.17) is 4.74 Å². The Bertz CT molecular complexity index is 1040. The van der Waals surface area contributed by atoms with Crippen molar-refractivity contribution in [2.24, 2.45) is 5.92 Å².